The molecule has 4 heteroatoms. The third-order valence-electron chi connectivity index (χ3n) is 1.18. The van der Waals surface area contributed by atoms with Crippen molar-refractivity contribution in [3.05, 3.63) is 23.2 Å². The Hall–Kier alpha value is -1.22. The minimum absolute atomic E-state index is 0.0347. The van der Waals surface area contributed by atoms with Crippen LogP contribution < -0.4 is 4.74 Å². The first-order valence-corrected chi connectivity index (χ1v) is 3.64. The first-order valence-electron chi connectivity index (χ1n) is 3.26. The molecule has 64 valence electrons. The summed E-state index contributed by atoms with van der Waals surface area (Å²) in [6, 6.07) is 4.20. The maximum atomic E-state index is 10.5. The summed E-state index contributed by atoms with van der Waals surface area (Å²) in [5, 5.41) is 9.17. The quantitative estimate of drug-likeness (QED) is 0.539. The van der Waals surface area contributed by atoms with E-state index in [2.05, 4.69) is 0 Å². The number of esters is 1. The van der Waals surface area contributed by atoms with E-state index in [4.69, 9.17) is 21.4 Å². The molecule has 0 unspecified atom stereocenters. The number of aromatic hydroxyl groups is 1. The van der Waals surface area contributed by atoms with Crippen LogP contribution >= 0.6 is 11.6 Å². The summed E-state index contributed by atoms with van der Waals surface area (Å²) in [6.45, 7) is 1.29. The Kier molecular flexibility index (Phi) is 2.55. The number of rotatable bonds is 1. The molecule has 3 nitrogen and oxygen atoms in total. The Labute approximate surface area is 74.5 Å². The number of phenolic OH excluding ortho intramolecular Hbond substituents is 1. The lowest BCUT2D eigenvalue weighted by Gasteiger charge is -2.01. The van der Waals surface area contributed by atoms with Gasteiger partial charge in [-0.3, -0.25) is 4.79 Å². The molecule has 0 saturated heterocycles. The van der Waals surface area contributed by atoms with Crippen LogP contribution in [0.15, 0.2) is 18.2 Å². The second kappa shape index (κ2) is 3.45. The Morgan fingerprint density at radius 3 is 2.75 bits per heavy atom. The van der Waals surface area contributed by atoms with Gasteiger partial charge in [-0.05, 0) is 12.1 Å². The monoisotopic (exact) mass is 186 g/mol. The van der Waals surface area contributed by atoms with E-state index < -0.39 is 5.97 Å². The summed E-state index contributed by atoms with van der Waals surface area (Å²) < 4.78 is 4.72. The molecule has 12 heavy (non-hydrogen) atoms. The van der Waals surface area contributed by atoms with E-state index in [-0.39, 0.29) is 10.8 Å². The fraction of sp³-hybridized carbons (Fsp3) is 0.125. The lowest BCUT2D eigenvalue weighted by atomic mass is 10.3. The summed E-state index contributed by atoms with van der Waals surface area (Å²) >= 11 is 5.56. The van der Waals surface area contributed by atoms with Gasteiger partial charge in [0.15, 0.2) is 0 Å². The molecule has 0 aliphatic rings. The third-order valence-corrected chi connectivity index (χ3v) is 1.48. The van der Waals surface area contributed by atoms with Gasteiger partial charge < -0.3 is 9.84 Å². The molecule has 1 aromatic rings. The molecule has 0 fully saturated rings. The number of carbonyl (C=O) groups excluding carboxylic acids is 1. The van der Waals surface area contributed by atoms with Crippen molar-refractivity contribution >= 4 is 17.6 Å². The zero-order valence-corrected chi connectivity index (χ0v) is 7.13. The number of phenols is 1. The topological polar surface area (TPSA) is 46.5 Å². The van der Waals surface area contributed by atoms with E-state index in [1.165, 1.54) is 25.1 Å². The number of halogens is 1. The lowest BCUT2D eigenvalue weighted by molar-refractivity contribution is -0.131. The molecule has 0 saturated carbocycles. The molecule has 0 atom stereocenters. The fourth-order valence-corrected chi connectivity index (χ4v) is 0.888. The van der Waals surface area contributed by atoms with E-state index in [0.717, 1.165) is 0 Å². The molecule has 0 amide bonds. The van der Waals surface area contributed by atoms with Crippen molar-refractivity contribution in [2.45, 2.75) is 6.92 Å². The summed E-state index contributed by atoms with van der Waals surface area (Å²) in [5.41, 5.74) is 0. The summed E-state index contributed by atoms with van der Waals surface area (Å²) in [5.74, 6) is -0.130. The molecule has 0 aromatic heterocycles. The molecule has 0 aliphatic carbocycles. The Morgan fingerprint density at radius 2 is 2.25 bits per heavy atom. The van der Waals surface area contributed by atoms with E-state index >= 15 is 0 Å². The van der Waals surface area contributed by atoms with Gasteiger partial charge in [0.2, 0.25) is 0 Å². The van der Waals surface area contributed by atoms with Gasteiger partial charge in [0.25, 0.3) is 0 Å². The van der Waals surface area contributed by atoms with Crippen molar-refractivity contribution in [1.82, 2.24) is 0 Å². The average molecular weight is 187 g/mol. The minimum Gasteiger partial charge on any atom is -0.506 e. The predicted octanol–water partition coefficient (Wildman–Crippen LogP) is 1.97. The molecule has 0 bridgehead atoms. The number of ether oxygens (including phenoxy) is 1. The Balaban J connectivity index is 2.89. The Bertz CT molecular complexity index is 309. The third kappa shape index (κ3) is 2.13. The molecule has 1 N–H and O–H groups in total. The second-order valence-corrected chi connectivity index (χ2v) is 2.61. The molecular weight excluding hydrogens is 180 g/mol. The van der Waals surface area contributed by atoms with E-state index in [0.29, 0.717) is 5.75 Å². The largest absolute Gasteiger partial charge is 0.506 e. The standard InChI is InChI=1S/C8H7ClO3/c1-5(10)12-6-2-3-8(11)7(9)4-6/h2-4,11H,1H3. The number of hydrogen-bond donors (Lipinski definition) is 1. The van der Waals surface area contributed by atoms with Crippen LogP contribution in [0.1, 0.15) is 6.92 Å². The second-order valence-electron chi connectivity index (χ2n) is 2.21. The van der Waals surface area contributed by atoms with Crippen LogP contribution in [0, 0.1) is 0 Å². The lowest BCUT2D eigenvalue weighted by Crippen LogP contribution is -2.00. The van der Waals surface area contributed by atoms with Gasteiger partial charge in [-0.1, -0.05) is 11.6 Å². The molecular formula is C8H7ClO3. The van der Waals surface area contributed by atoms with Crippen LogP contribution in [0.5, 0.6) is 11.5 Å². The van der Waals surface area contributed by atoms with E-state index in [1.54, 1.807) is 0 Å². The summed E-state index contributed by atoms with van der Waals surface area (Å²) in [6.07, 6.45) is 0. The predicted molar refractivity (Wildman–Crippen MR) is 44.4 cm³/mol. The van der Waals surface area contributed by atoms with Gasteiger partial charge in [0.05, 0.1) is 5.02 Å². The van der Waals surface area contributed by atoms with Crippen molar-refractivity contribution in [2.75, 3.05) is 0 Å². The molecule has 1 rings (SSSR count). The van der Waals surface area contributed by atoms with Crippen molar-refractivity contribution in [2.24, 2.45) is 0 Å². The van der Waals surface area contributed by atoms with Crippen molar-refractivity contribution in [3.63, 3.8) is 0 Å². The summed E-state index contributed by atoms with van der Waals surface area (Å²) in [7, 11) is 0. The van der Waals surface area contributed by atoms with Crippen molar-refractivity contribution in [1.29, 1.82) is 0 Å². The van der Waals surface area contributed by atoms with Crippen molar-refractivity contribution < 1.29 is 14.6 Å². The van der Waals surface area contributed by atoms with Gasteiger partial charge in [-0.25, -0.2) is 0 Å². The number of hydrogen-bond acceptors (Lipinski definition) is 3. The maximum Gasteiger partial charge on any atom is 0.308 e. The van der Waals surface area contributed by atoms with Gasteiger partial charge in [-0.2, -0.15) is 0 Å². The fourth-order valence-electron chi connectivity index (χ4n) is 0.717. The van der Waals surface area contributed by atoms with Gasteiger partial charge in [-0.15, -0.1) is 0 Å². The highest BCUT2D eigenvalue weighted by atomic mass is 35.5. The first kappa shape index (κ1) is 8.87. The SMILES string of the molecule is CC(=O)Oc1ccc(O)c(Cl)c1. The number of benzene rings is 1. The molecule has 0 aliphatic heterocycles. The highest BCUT2D eigenvalue weighted by Gasteiger charge is 2.01. The number of carbonyl (C=O) groups is 1. The average Bonchev–Trinajstić information content (AvgIpc) is 1.96. The smallest absolute Gasteiger partial charge is 0.308 e. The maximum absolute atomic E-state index is 10.5. The van der Waals surface area contributed by atoms with Gasteiger partial charge >= 0.3 is 5.97 Å². The zero-order valence-electron chi connectivity index (χ0n) is 6.37. The highest BCUT2D eigenvalue weighted by molar-refractivity contribution is 6.32. The van der Waals surface area contributed by atoms with Gasteiger partial charge in [0.1, 0.15) is 11.5 Å². The molecule has 0 radical (unpaired) electrons. The van der Waals surface area contributed by atoms with Crippen LogP contribution in [-0.2, 0) is 4.79 Å². The highest BCUT2D eigenvalue weighted by Crippen LogP contribution is 2.27. The van der Waals surface area contributed by atoms with Gasteiger partial charge in [0, 0.05) is 13.0 Å². The van der Waals surface area contributed by atoms with E-state index in [9.17, 15) is 4.79 Å². The molecule has 0 spiro atoms. The van der Waals surface area contributed by atoms with Crippen molar-refractivity contribution in [3.8, 4) is 11.5 Å². The minimum atomic E-state index is -0.420. The van der Waals surface area contributed by atoms with Crippen LogP contribution in [-0.4, -0.2) is 11.1 Å². The van der Waals surface area contributed by atoms with Crippen LogP contribution in [0.2, 0.25) is 5.02 Å². The van der Waals surface area contributed by atoms with Crippen LogP contribution in [0.25, 0.3) is 0 Å². The van der Waals surface area contributed by atoms with Crippen LogP contribution in [0.3, 0.4) is 0 Å². The van der Waals surface area contributed by atoms with E-state index in [1.807, 2.05) is 0 Å². The Morgan fingerprint density at radius 1 is 1.58 bits per heavy atom. The first-order chi connectivity index (χ1) is 5.59. The molecule has 1 aromatic carbocycles. The zero-order chi connectivity index (χ0) is 9.14. The molecule has 0 heterocycles. The summed E-state index contributed by atoms with van der Waals surface area (Å²) in [4.78, 5) is 10.5. The normalized spacial score (nSPS) is 9.50. The van der Waals surface area contributed by atoms with Crippen LogP contribution in [0.4, 0.5) is 0 Å².